The summed E-state index contributed by atoms with van der Waals surface area (Å²) in [6, 6.07) is 0. The Labute approximate surface area is 121 Å². The van der Waals surface area contributed by atoms with Gasteiger partial charge in [-0.25, -0.2) is 4.79 Å². The lowest BCUT2D eigenvalue weighted by atomic mass is 9.72. The van der Waals surface area contributed by atoms with Gasteiger partial charge in [-0.1, -0.05) is 0 Å². The van der Waals surface area contributed by atoms with E-state index in [1.807, 2.05) is 25.7 Å². The predicted octanol–water partition coefficient (Wildman–Crippen LogP) is 2.60. The number of nitrogens with zero attached hydrogens (tertiary/aromatic N) is 2. The van der Waals surface area contributed by atoms with E-state index in [2.05, 4.69) is 24.5 Å². The van der Waals surface area contributed by atoms with Gasteiger partial charge >= 0.3 is 6.09 Å². The van der Waals surface area contributed by atoms with Crippen LogP contribution in [-0.2, 0) is 4.74 Å². The van der Waals surface area contributed by atoms with Gasteiger partial charge in [0.1, 0.15) is 5.60 Å². The van der Waals surface area contributed by atoms with Gasteiger partial charge in [0.05, 0.1) is 0 Å². The average molecular weight is 286 g/mol. The van der Waals surface area contributed by atoms with Crippen molar-refractivity contribution >= 4 is 18.7 Å². The first-order valence-electron chi connectivity index (χ1n) is 7.11. The van der Waals surface area contributed by atoms with Crippen molar-refractivity contribution in [2.24, 2.45) is 5.41 Å². The molecular weight excluding hydrogens is 260 g/mol. The Morgan fingerprint density at radius 1 is 1.26 bits per heavy atom. The van der Waals surface area contributed by atoms with E-state index in [0.717, 1.165) is 39.0 Å². The highest BCUT2D eigenvalue weighted by Crippen LogP contribution is 2.41. The lowest BCUT2D eigenvalue weighted by Crippen LogP contribution is -2.62. The fraction of sp³-hybridized carbons (Fsp3) is 0.929. The van der Waals surface area contributed by atoms with Crippen LogP contribution in [0.4, 0.5) is 4.79 Å². The monoisotopic (exact) mass is 286 g/mol. The third kappa shape index (κ3) is 3.57. The van der Waals surface area contributed by atoms with E-state index in [1.54, 1.807) is 0 Å². The van der Waals surface area contributed by atoms with E-state index in [-0.39, 0.29) is 6.09 Å². The number of likely N-dealkylation sites (tertiary alicyclic amines) is 2. The van der Waals surface area contributed by atoms with Crippen molar-refractivity contribution < 1.29 is 9.53 Å². The van der Waals surface area contributed by atoms with Crippen molar-refractivity contribution in [3.8, 4) is 0 Å². The molecule has 110 valence electrons. The number of carbonyl (C=O) groups is 1. The fourth-order valence-electron chi connectivity index (χ4n) is 2.91. The topological polar surface area (TPSA) is 32.8 Å². The van der Waals surface area contributed by atoms with Crippen LogP contribution >= 0.6 is 12.6 Å². The fourth-order valence-corrected chi connectivity index (χ4v) is 3.14. The van der Waals surface area contributed by atoms with Crippen LogP contribution in [0.5, 0.6) is 0 Å². The molecule has 1 atom stereocenters. The number of thiol groups is 1. The second kappa shape index (κ2) is 5.17. The lowest BCUT2D eigenvalue weighted by molar-refractivity contribution is -0.0598. The van der Waals surface area contributed by atoms with Gasteiger partial charge in [-0.05, 0) is 53.6 Å². The summed E-state index contributed by atoms with van der Waals surface area (Å²) < 4.78 is 5.40. The molecule has 2 aliphatic rings. The summed E-state index contributed by atoms with van der Waals surface area (Å²) in [5.41, 5.74) is -0.0548. The predicted molar refractivity (Wildman–Crippen MR) is 79.5 cm³/mol. The number of ether oxygens (including phenoxy) is 1. The SMILES string of the molecule is CC(S)N1CCC2(CC1)CN(C(=O)OC(C)(C)C)C2. The van der Waals surface area contributed by atoms with Crippen LogP contribution in [0.3, 0.4) is 0 Å². The molecule has 1 spiro atoms. The molecule has 0 saturated carbocycles. The maximum atomic E-state index is 11.9. The highest BCUT2D eigenvalue weighted by molar-refractivity contribution is 7.80. The Kier molecular flexibility index (Phi) is 4.07. The average Bonchev–Trinajstić information content (AvgIpc) is 2.23. The van der Waals surface area contributed by atoms with Gasteiger partial charge < -0.3 is 9.64 Å². The van der Waals surface area contributed by atoms with Gasteiger partial charge in [0.15, 0.2) is 0 Å². The molecule has 2 saturated heterocycles. The van der Waals surface area contributed by atoms with Crippen molar-refractivity contribution in [2.75, 3.05) is 26.2 Å². The minimum atomic E-state index is -0.398. The molecule has 1 amide bonds. The Morgan fingerprint density at radius 2 is 1.79 bits per heavy atom. The third-order valence-electron chi connectivity index (χ3n) is 4.09. The minimum Gasteiger partial charge on any atom is -0.444 e. The summed E-state index contributed by atoms with van der Waals surface area (Å²) in [5, 5.41) is 0.333. The molecule has 2 fully saturated rings. The number of rotatable bonds is 1. The molecule has 0 radical (unpaired) electrons. The molecule has 1 unspecified atom stereocenters. The van der Waals surface area contributed by atoms with Crippen molar-refractivity contribution in [1.82, 2.24) is 9.80 Å². The molecule has 0 aromatic heterocycles. The Morgan fingerprint density at radius 3 is 2.21 bits per heavy atom. The van der Waals surface area contributed by atoms with Crippen LogP contribution in [0, 0.1) is 5.41 Å². The lowest BCUT2D eigenvalue weighted by Gasteiger charge is -2.54. The largest absolute Gasteiger partial charge is 0.444 e. The molecule has 0 aromatic rings. The summed E-state index contributed by atoms with van der Waals surface area (Å²) in [5.74, 6) is 0. The van der Waals surface area contributed by atoms with Crippen molar-refractivity contribution in [3.05, 3.63) is 0 Å². The molecule has 2 heterocycles. The molecule has 5 heteroatoms. The van der Waals surface area contributed by atoms with Crippen LogP contribution in [0.2, 0.25) is 0 Å². The van der Waals surface area contributed by atoms with Gasteiger partial charge in [0.2, 0.25) is 0 Å². The van der Waals surface area contributed by atoms with Crippen LogP contribution in [-0.4, -0.2) is 53.0 Å². The molecule has 19 heavy (non-hydrogen) atoms. The highest BCUT2D eigenvalue weighted by Gasteiger charge is 2.47. The van der Waals surface area contributed by atoms with Gasteiger partial charge in [-0.2, -0.15) is 12.6 Å². The highest BCUT2D eigenvalue weighted by atomic mass is 32.1. The minimum absolute atomic E-state index is 0.164. The van der Waals surface area contributed by atoms with Gasteiger partial charge in [-0.3, -0.25) is 4.90 Å². The third-order valence-corrected chi connectivity index (χ3v) is 4.42. The maximum Gasteiger partial charge on any atom is 0.410 e. The summed E-state index contributed by atoms with van der Waals surface area (Å²) in [7, 11) is 0. The standard InChI is InChI=1S/C14H26N2O2S/c1-11(19)15-7-5-14(6-8-15)9-16(10-14)12(17)18-13(2,3)4/h11,19H,5-10H2,1-4H3. The zero-order valence-corrected chi connectivity index (χ0v) is 13.4. The second-order valence-corrected chi connectivity index (χ2v) is 7.75. The van der Waals surface area contributed by atoms with Crippen LogP contribution < -0.4 is 0 Å². The van der Waals surface area contributed by atoms with Gasteiger partial charge in [0, 0.05) is 23.9 Å². The molecule has 0 aliphatic carbocycles. The smallest absolute Gasteiger partial charge is 0.410 e. The van der Waals surface area contributed by atoms with Crippen LogP contribution in [0.15, 0.2) is 0 Å². The number of hydrogen-bond donors (Lipinski definition) is 1. The number of hydrogen-bond acceptors (Lipinski definition) is 4. The van der Waals surface area contributed by atoms with E-state index >= 15 is 0 Å². The quantitative estimate of drug-likeness (QED) is 0.752. The number of amides is 1. The summed E-state index contributed by atoms with van der Waals surface area (Å²) in [6.45, 7) is 11.7. The Hall–Kier alpha value is -0.420. The molecule has 2 aliphatic heterocycles. The molecular formula is C14H26N2O2S. The molecule has 0 N–H and O–H groups in total. The van der Waals surface area contributed by atoms with Gasteiger partial charge in [0.25, 0.3) is 0 Å². The molecule has 4 nitrogen and oxygen atoms in total. The molecule has 2 rings (SSSR count). The summed E-state index contributed by atoms with van der Waals surface area (Å²) in [6.07, 6.45) is 2.16. The summed E-state index contributed by atoms with van der Waals surface area (Å²) in [4.78, 5) is 16.2. The number of piperidine rings is 1. The van der Waals surface area contributed by atoms with Crippen molar-refractivity contribution in [3.63, 3.8) is 0 Å². The van der Waals surface area contributed by atoms with E-state index in [9.17, 15) is 4.79 Å². The zero-order chi connectivity index (χ0) is 14.3. The van der Waals surface area contributed by atoms with E-state index < -0.39 is 5.60 Å². The first-order chi connectivity index (χ1) is 8.71. The number of carbonyl (C=O) groups excluding carboxylic acids is 1. The van der Waals surface area contributed by atoms with Crippen LogP contribution in [0.25, 0.3) is 0 Å². The molecule has 0 aromatic carbocycles. The van der Waals surface area contributed by atoms with Crippen LogP contribution in [0.1, 0.15) is 40.5 Å². The first kappa shape index (κ1) is 15.0. The van der Waals surface area contributed by atoms with E-state index in [4.69, 9.17) is 4.74 Å². The zero-order valence-electron chi connectivity index (χ0n) is 12.5. The summed E-state index contributed by atoms with van der Waals surface area (Å²) >= 11 is 4.48. The second-order valence-electron chi connectivity index (χ2n) is 7.00. The van der Waals surface area contributed by atoms with Crippen molar-refractivity contribution in [1.29, 1.82) is 0 Å². The Balaban J connectivity index is 1.79. The maximum absolute atomic E-state index is 11.9. The normalized spacial score (nSPS) is 25.0. The van der Waals surface area contributed by atoms with Crippen molar-refractivity contribution in [2.45, 2.75) is 51.5 Å². The molecule has 0 bridgehead atoms. The van der Waals surface area contributed by atoms with E-state index in [1.165, 1.54) is 0 Å². The first-order valence-corrected chi connectivity index (χ1v) is 7.63. The Bertz CT molecular complexity index is 336. The van der Waals surface area contributed by atoms with Gasteiger partial charge in [-0.15, -0.1) is 0 Å². The van der Waals surface area contributed by atoms with E-state index in [0.29, 0.717) is 10.8 Å².